The lowest BCUT2D eigenvalue weighted by Gasteiger charge is -2.29. The predicted molar refractivity (Wildman–Crippen MR) is 109 cm³/mol. The van der Waals surface area contributed by atoms with Crippen LogP contribution in [0.25, 0.3) is 0 Å². The van der Waals surface area contributed by atoms with Crippen LogP contribution in [0, 0.1) is 11.8 Å². The first kappa shape index (κ1) is 19.9. The zero-order valence-corrected chi connectivity index (χ0v) is 16.9. The molecule has 3 aliphatic heterocycles. The number of ether oxygens (including phenoxy) is 2. The highest BCUT2D eigenvalue weighted by Crippen LogP contribution is 2.31. The Labute approximate surface area is 168 Å². The first-order valence-electron chi connectivity index (χ1n) is 10.5. The number of β-amino-alcohol motifs (C(OH)–C–C–N with tert-alkyl or cyclic N) is 1. The van der Waals surface area contributed by atoms with Crippen LogP contribution in [-0.4, -0.2) is 93.6 Å². The SMILES string of the molecule is COc1cc(CN2C[C@H]3CNC[C@H]3C2)ccc1OCC(O)CN1CCNCC1. The van der Waals surface area contributed by atoms with E-state index in [-0.39, 0.29) is 6.61 Å². The number of aliphatic hydroxyl groups is 1. The topological polar surface area (TPSA) is 69.2 Å². The van der Waals surface area contributed by atoms with Crippen LogP contribution in [0.2, 0.25) is 0 Å². The molecule has 3 aliphatic rings. The lowest BCUT2D eigenvalue weighted by atomic mass is 10.0. The van der Waals surface area contributed by atoms with Gasteiger partial charge < -0.3 is 25.2 Å². The van der Waals surface area contributed by atoms with E-state index < -0.39 is 6.10 Å². The molecule has 3 saturated heterocycles. The van der Waals surface area contributed by atoms with E-state index in [4.69, 9.17) is 9.47 Å². The molecule has 1 aromatic rings. The molecule has 156 valence electrons. The minimum Gasteiger partial charge on any atom is -0.493 e. The number of fused-ring (bicyclic) bond motifs is 1. The zero-order valence-electron chi connectivity index (χ0n) is 16.9. The number of benzene rings is 1. The summed E-state index contributed by atoms with van der Waals surface area (Å²) in [4.78, 5) is 4.81. The number of nitrogens with one attached hydrogen (secondary N) is 2. The van der Waals surface area contributed by atoms with E-state index in [1.165, 1.54) is 18.7 Å². The van der Waals surface area contributed by atoms with Crippen molar-refractivity contribution in [1.29, 1.82) is 0 Å². The van der Waals surface area contributed by atoms with Gasteiger partial charge in [0, 0.05) is 52.4 Å². The smallest absolute Gasteiger partial charge is 0.161 e. The molecule has 1 aromatic carbocycles. The molecular formula is C21H34N4O3. The first-order chi connectivity index (χ1) is 13.7. The lowest BCUT2D eigenvalue weighted by molar-refractivity contribution is 0.0632. The van der Waals surface area contributed by atoms with Gasteiger partial charge in [0.1, 0.15) is 12.7 Å². The number of hydrogen-bond acceptors (Lipinski definition) is 7. The number of likely N-dealkylation sites (tertiary alicyclic amines) is 1. The molecular weight excluding hydrogens is 356 g/mol. The Morgan fingerprint density at radius 3 is 2.54 bits per heavy atom. The fourth-order valence-electron chi connectivity index (χ4n) is 4.70. The molecule has 0 spiro atoms. The van der Waals surface area contributed by atoms with E-state index in [2.05, 4.69) is 32.6 Å². The van der Waals surface area contributed by atoms with Crippen molar-refractivity contribution in [3.05, 3.63) is 23.8 Å². The van der Waals surface area contributed by atoms with Crippen molar-refractivity contribution in [1.82, 2.24) is 20.4 Å². The highest BCUT2D eigenvalue weighted by molar-refractivity contribution is 5.43. The molecule has 3 heterocycles. The van der Waals surface area contributed by atoms with Crippen molar-refractivity contribution >= 4 is 0 Å². The van der Waals surface area contributed by atoms with Crippen molar-refractivity contribution in [2.45, 2.75) is 12.6 Å². The zero-order chi connectivity index (χ0) is 19.3. The van der Waals surface area contributed by atoms with E-state index in [1.54, 1.807) is 7.11 Å². The number of rotatable bonds is 8. The summed E-state index contributed by atoms with van der Waals surface area (Å²) in [5.41, 5.74) is 1.25. The molecule has 0 saturated carbocycles. The molecule has 3 atom stereocenters. The second kappa shape index (κ2) is 9.41. The average Bonchev–Trinajstić information content (AvgIpc) is 3.29. The summed E-state index contributed by atoms with van der Waals surface area (Å²) in [6, 6.07) is 6.17. The van der Waals surface area contributed by atoms with Crippen LogP contribution in [0.5, 0.6) is 11.5 Å². The summed E-state index contributed by atoms with van der Waals surface area (Å²) in [5.74, 6) is 3.06. The van der Waals surface area contributed by atoms with E-state index in [9.17, 15) is 5.11 Å². The van der Waals surface area contributed by atoms with Gasteiger partial charge >= 0.3 is 0 Å². The highest BCUT2D eigenvalue weighted by Gasteiger charge is 2.35. The molecule has 0 bridgehead atoms. The largest absolute Gasteiger partial charge is 0.493 e. The fourth-order valence-corrected chi connectivity index (χ4v) is 4.70. The van der Waals surface area contributed by atoms with Crippen molar-refractivity contribution in [2.24, 2.45) is 11.8 Å². The Balaban J connectivity index is 1.28. The van der Waals surface area contributed by atoms with Gasteiger partial charge in [0.25, 0.3) is 0 Å². The summed E-state index contributed by atoms with van der Waals surface area (Å²) in [7, 11) is 1.68. The number of methoxy groups -OCH3 is 1. The van der Waals surface area contributed by atoms with Crippen LogP contribution in [0.15, 0.2) is 18.2 Å². The number of piperazine rings is 1. The molecule has 3 N–H and O–H groups in total. The van der Waals surface area contributed by atoms with Gasteiger partial charge in [-0.2, -0.15) is 0 Å². The van der Waals surface area contributed by atoms with Crippen LogP contribution >= 0.6 is 0 Å². The monoisotopic (exact) mass is 390 g/mol. The third-order valence-electron chi connectivity index (χ3n) is 6.21. The first-order valence-corrected chi connectivity index (χ1v) is 10.5. The van der Waals surface area contributed by atoms with Gasteiger partial charge in [0.05, 0.1) is 7.11 Å². The van der Waals surface area contributed by atoms with Crippen LogP contribution in [-0.2, 0) is 6.54 Å². The van der Waals surface area contributed by atoms with Crippen LogP contribution < -0.4 is 20.1 Å². The molecule has 1 unspecified atom stereocenters. The second-order valence-electron chi connectivity index (χ2n) is 8.37. The number of aliphatic hydroxyl groups excluding tert-OH is 1. The molecule has 7 nitrogen and oxygen atoms in total. The summed E-state index contributed by atoms with van der Waals surface area (Å²) >= 11 is 0. The molecule has 0 amide bonds. The lowest BCUT2D eigenvalue weighted by Crippen LogP contribution is -2.47. The molecule has 4 rings (SSSR count). The summed E-state index contributed by atoms with van der Waals surface area (Å²) in [6.07, 6.45) is -0.500. The van der Waals surface area contributed by atoms with Gasteiger partial charge in [-0.15, -0.1) is 0 Å². The quantitative estimate of drug-likeness (QED) is 0.577. The third kappa shape index (κ3) is 4.96. The Morgan fingerprint density at radius 2 is 1.82 bits per heavy atom. The van der Waals surface area contributed by atoms with E-state index in [0.717, 1.165) is 63.4 Å². The molecule has 28 heavy (non-hydrogen) atoms. The summed E-state index contributed by atoms with van der Waals surface area (Å²) in [5, 5.41) is 17.1. The Bertz CT molecular complexity index is 626. The molecule has 0 aromatic heterocycles. The molecule has 0 aliphatic carbocycles. The third-order valence-corrected chi connectivity index (χ3v) is 6.21. The van der Waals surface area contributed by atoms with Crippen LogP contribution in [0.3, 0.4) is 0 Å². The fraction of sp³-hybridized carbons (Fsp3) is 0.714. The standard InChI is InChI=1S/C21H34N4O3/c1-27-21-8-16(11-25-12-17-9-23-10-18(17)13-25)2-3-20(21)28-15-19(26)14-24-6-4-22-5-7-24/h2-3,8,17-19,22-23,26H,4-7,9-15H2,1H3/t17-,18+,19?. The minimum absolute atomic E-state index is 0.280. The van der Waals surface area contributed by atoms with Gasteiger partial charge in [-0.1, -0.05) is 6.07 Å². The molecule has 3 fully saturated rings. The highest BCUT2D eigenvalue weighted by atomic mass is 16.5. The maximum atomic E-state index is 10.3. The van der Waals surface area contributed by atoms with Gasteiger partial charge in [-0.25, -0.2) is 0 Å². The van der Waals surface area contributed by atoms with E-state index in [1.807, 2.05) is 6.07 Å². The predicted octanol–water partition coefficient (Wildman–Crippen LogP) is -0.00870. The maximum Gasteiger partial charge on any atom is 0.161 e. The average molecular weight is 391 g/mol. The van der Waals surface area contributed by atoms with Crippen molar-refractivity contribution in [3.63, 3.8) is 0 Å². The Morgan fingerprint density at radius 1 is 1.07 bits per heavy atom. The van der Waals surface area contributed by atoms with E-state index >= 15 is 0 Å². The van der Waals surface area contributed by atoms with Gasteiger partial charge in [-0.05, 0) is 42.6 Å². The maximum absolute atomic E-state index is 10.3. The van der Waals surface area contributed by atoms with Crippen molar-refractivity contribution in [2.75, 3.05) is 72.6 Å². The summed E-state index contributed by atoms with van der Waals surface area (Å²) in [6.45, 7) is 10.5. The van der Waals surface area contributed by atoms with Gasteiger partial charge in [0.15, 0.2) is 11.5 Å². The summed E-state index contributed by atoms with van der Waals surface area (Å²) < 4.78 is 11.4. The Kier molecular flexibility index (Phi) is 6.69. The molecule has 0 radical (unpaired) electrons. The van der Waals surface area contributed by atoms with Gasteiger partial charge in [0.2, 0.25) is 0 Å². The van der Waals surface area contributed by atoms with Crippen molar-refractivity contribution in [3.8, 4) is 11.5 Å². The second-order valence-corrected chi connectivity index (χ2v) is 8.37. The number of nitrogens with zero attached hydrogens (tertiary/aromatic N) is 2. The van der Waals surface area contributed by atoms with Crippen LogP contribution in [0.1, 0.15) is 5.56 Å². The normalized spacial score (nSPS) is 26.9. The molecule has 7 heteroatoms. The van der Waals surface area contributed by atoms with Crippen LogP contribution in [0.4, 0.5) is 0 Å². The Hall–Kier alpha value is -1.38. The van der Waals surface area contributed by atoms with Gasteiger partial charge in [-0.3, -0.25) is 9.80 Å². The van der Waals surface area contributed by atoms with E-state index in [0.29, 0.717) is 12.3 Å². The minimum atomic E-state index is -0.500. The van der Waals surface area contributed by atoms with Crippen molar-refractivity contribution < 1.29 is 14.6 Å². The number of hydrogen-bond donors (Lipinski definition) is 3.